The Morgan fingerprint density at radius 3 is 2.94 bits per heavy atom. The van der Waals surface area contributed by atoms with E-state index in [0.29, 0.717) is 12.0 Å². The summed E-state index contributed by atoms with van der Waals surface area (Å²) < 4.78 is 1.15. The van der Waals surface area contributed by atoms with Crippen LogP contribution in [-0.2, 0) is 0 Å². The third-order valence-corrected chi connectivity index (χ3v) is 4.08. The number of nitrogens with one attached hydrogen (secondary N) is 1. The van der Waals surface area contributed by atoms with Crippen molar-refractivity contribution in [2.24, 2.45) is 11.7 Å². The van der Waals surface area contributed by atoms with Crippen molar-refractivity contribution in [3.8, 4) is 0 Å². The lowest BCUT2D eigenvalue weighted by Crippen LogP contribution is -2.29. The lowest BCUT2D eigenvalue weighted by molar-refractivity contribution is 0.516. The Kier molecular flexibility index (Phi) is 3.87. The van der Waals surface area contributed by atoms with Crippen LogP contribution in [0.25, 0.3) is 0 Å². The van der Waals surface area contributed by atoms with Crippen molar-refractivity contribution in [2.75, 3.05) is 11.9 Å². The minimum absolute atomic E-state index is 0.545. The molecule has 0 heterocycles. The number of hydrogen-bond donors (Lipinski definition) is 2. The fourth-order valence-corrected chi connectivity index (χ4v) is 3.05. The molecule has 2 atom stereocenters. The van der Waals surface area contributed by atoms with Crippen LogP contribution in [-0.4, -0.2) is 12.6 Å². The summed E-state index contributed by atoms with van der Waals surface area (Å²) in [6.45, 7) is 2.90. The summed E-state index contributed by atoms with van der Waals surface area (Å²) in [5.41, 5.74) is 8.26. The average Bonchev–Trinajstić information content (AvgIpc) is 2.69. The first kappa shape index (κ1) is 11.9. The quantitative estimate of drug-likeness (QED) is 0.893. The first-order valence-electron chi connectivity index (χ1n) is 5.93. The van der Waals surface area contributed by atoms with Gasteiger partial charge in [0, 0.05) is 16.2 Å². The maximum Gasteiger partial charge on any atom is 0.0487 e. The van der Waals surface area contributed by atoms with Gasteiger partial charge >= 0.3 is 0 Å². The summed E-state index contributed by atoms with van der Waals surface area (Å²) >= 11 is 3.60. The van der Waals surface area contributed by atoms with Gasteiger partial charge in [-0.25, -0.2) is 0 Å². The van der Waals surface area contributed by atoms with Gasteiger partial charge in [-0.3, -0.25) is 0 Å². The van der Waals surface area contributed by atoms with Crippen molar-refractivity contribution < 1.29 is 0 Å². The summed E-state index contributed by atoms with van der Waals surface area (Å²) in [6, 6.07) is 6.98. The molecule has 0 aromatic heterocycles. The molecular weight excluding hydrogens is 264 g/mol. The fraction of sp³-hybridized carbons (Fsp3) is 0.538. The number of nitrogens with two attached hydrogens (primary N) is 1. The van der Waals surface area contributed by atoms with Gasteiger partial charge in [-0.1, -0.05) is 12.5 Å². The van der Waals surface area contributed by atoms with Crippen molar-refractivity contribution in [3.05, 3.63) is 28.2 Å². The lowest BCUT2D eigenvalue weighted by Gasteiger charge is -2.21. The van der Waals surface area contributed by atoms with Gasteiger partial charge in [0.15, 0.2) is 0 Å². The van der Waals surface area contributed by atoms with Crippen molar-refractivity contribution >= 4 is 21.6 Å². The van der Waals surface area contributed by atoms with E-state index in [1.807, 2.05) is 0 Å². The van der Waals surface area contributed by atoms with Crippen LogP contribution in [0.5, 0.6) is 0 Å². The van der Waals surface area contributed by atoms with E-state index >= 15 is 0 Å². The normalized spacial score (nSPS) is 24.7. The van der Waals surface area contributed by atoms with Crippen LogP contribution in [0, 0.1) is 12.8 Å². The molecular formula is C13H19BrN2. The number of rotatable bonds is 3. The molecule has 2 unspecified atom stereocenters. The molecule has 1 fully saturated rings. The number of halogens is 1. The summed E-state index contributed by atoms with van der Waals surface area (Å²) in [5.74, 6) is 0.633. The molecule has 0 spiro atoms. The topological polar surface area (TPSA) is 38.0 Å². The number of hydrogen-bond acceptors (Lipinski definition) is 2. The molecule has 88 valence electrons. The van der Waals surface area contributed by atoms with Gasteiger partial charge in [-0.05, 0) is 65.9 Å². The van der Waals surface area contributed by atoms with Gasteiger partial charge in [0.25, 0.3) is 0 Å². The summed E-state index contributed by atoms with van der Waals surface area (Å²) in [6.07, 6.45) is 3.79. The van der Waals surface area contributed by atoms with Gasteiger partial charge in [0.2, 0.25) is 0 Å². The van der Waals surface area contributed by atoms with Crippen molar-refractivity contribution in [2.45, 2.75) is 32.2 Å². The number of benzene rings is 1. The second kappa shape index (κ2) is 5.19. The Bertz CT molecular complexity index is 365. The van der Waals surface area contributed by atoms with Crippen LogP contribution in [0.1, 0.15) is 24.8 Å². The van der Waals surface area contributed by atoms with Gasteiger partial charge in [0.1, 0.15) is 0 Å². The molecule has 3 heteroatoms. The van der Waals surface area contributed by atoms with Gasteiger partial charge in [-0.15, -0.1) is 0 Å². The van der Waals surface area contributed by atoms with E-state index in [0.717, 1.165) is 11.0 Å². The van der Waals surface area contributed by atoms with Crippen LogP contribution in [0.2, 0.25) is 0 Å². The maximum atomic E-state index is 5.79. The van der Waals surface area contributed by atoms with Crippen LogP contribution in [0.4, 0.5) is 5.69 Å². The maximum absolute atomic E-state index is 5.79. The smallest absolute Gasteiger partial charge is 0.0487 e. The zero-order valence-corrected chi connectivity index (χ0v) is 11.3. The van der Waals surface area contributed by atoms with Crippen LogP contribution in [0.3, 0.4) is 0 Å². The zero-order valence-electron chi connectivity index (χ0n) is 9.67. The molecule has 16 heavy (non-hydrogen) atoms. The van der Waals surface area contributed by atoms with Crippen LogP contribution >= 0.6 is 15.9 Å². The van der Waals surface area contributed by atoms with Gasteiger partial charge < -0.3 is 11.1 Å². The van der Waals surface area contributed by atoms with E-state index in [1.165, 1.54) is 30.5 Å². The molecule has 3 N–H and O–H groups in total. The Morgan fingerprint density at radius 1 is 1.44 bits per heavy atom. The molecule has 1 saturated carbocycles. The van der Waals surface area contributed by atoms with Crippen LogP contribution in [0.15, 0.2) is 22.7 Å². The lowest BCUT2D eigenvalue weighted by atomic mass is 10.0. The second-order valence-corrected chi connectivity index (χ2v) is 5.52. The Morgan fingerprint density at radius 2 is 2.25 bits per heavy atom. The summed E-state index contributed by atoms with van der Waals surface area (Å²) in [4.78, 5) is 0. The zero-order chi connectivity index (χ0) is 11.5. The second-order valence-electron chi connectivity index (χ2n) is 4.66. The standard InChI is InChI=1S/C13H19BrN2/c1-9-5-6-13(11(14)7-9)16-12-4-2-3-10(12)8-15/h5-7,10,12,16H,2-4,8,15H2,1H3. The highest BCUT2D eigenvalue weighted by Crippen LogP contribution is 2.31. The number of anilines is 1. The van der Waals surface area contributed by atoms with Crippen LogP contribution < -0.4 is 11.1 Å². The molecule has 0 amide bonds. The highest BCUT2D eigenvalue weighted by atomic mass is 79.9. The molecule has 0 radical (unpaired) electrons. The van der Waals surface area contributed by atoms with Gasteiger partial charge in [-0.2, -0.15) is 0 Å². The minimum Gasteiger partial charge on any atom is -0.381 e. The third-order valence-electron chi connectivity index (χ3n) is 3.43. The van der Waals surface area contributed by atoms with E-state index in [4.69, 9.17) is 5.73 Å². The van der Waals surface area contributed by atoms with Crippen molar-refractivity contribution in [1.82, 2.24) is 0 Å². The molecule has 2 nitrogen and oxygen atoms in total. The molecule has 1 aromatic rings. The largest absolute Gasteiger partial charge is 0.381 e. The van der Waals surface area contributed by atoms with E-state index in [9.17, 15) is 0 Å². The SMILES string of the molecule is Cc1ccc(NC2CCCC2CN)c(Br)c1. The van der Waals surface area contributed by atoms with E-state index in [2.05, 4.69) is 46.4 Å². The minimum atomic E-state index is 0.545. The summed E-state index contributed by atoms with van der Waals surface area (Å²) in [7, 11) is 0. The molecule has 0 aliphatic heterocycles. The predicted molar refractivity (Wildman–Crippen MR) is 72.7 cm³/mol. The van der Waals surface area contributed by atoms with E-state index < -0.39 is 0 Å². The highest BCUT2D eigenvalue weighted by molar-refractivity contribution is 9.10. The van der Waals surface area contributed by atoms with E-state index in [-0.39, 0.29) is 0 Å². The number of aryl methyl sites for hydroxylation is 1. The fourth-order valence-electron chi connectivity index (χ4n) is 2.45. The van der Waals surface area contributed by atoms with Crippen molar-refractivity contribution in [3.63, 3.8) is 0 Å². The van der Waals surface area contributed by atoms with E-state index in [1.54, 1.807) is 0 Å². The molecule has 1 aliphatic rings. The monoisotopic (exact) mass is 282 g/mol. The molecule has 1 aliphatic carbocycles. The Balaban J connectivity index is 2.08. The highest BCUT2D eigenvalue weighted by Gasteiger charge is 2.26. The summed E-state index contributed by atoms with van der Waals surface area (Å²) in [5, 5.41) is 3.61. The molecule has 0 saturated heterocycles. The molecule has 1 aromatic carbocycles. The first-order chi connectivity index (χ1) is 7.70. The molecule has 0 bridgehead atoms. The average molecular weight is 283 g/mol. The van der Waals surface area contributed by atoms with Gasteiger partial charge in [0.05, 0.1) is 0 Å². The first-order valence-corrected chi connectivity index (χ1v) is 6.73. The predicted octanol–water partition coefficient (Wildman–Crippen LogP) is 3.30. The Labute approximate surface area is 106 Å². The van der Waals surface area contributed by atoms with Crippen molar-refractivity contribution in [1.29, 1.82) is 0 Å². The molecule has 2 rings (SSSR count). The Hall–Kier alpha value is -0.540. The third kappa shape index (κ3) is 2.58.